The molecule has 0 aliphatic carbocycles. The van der Waals surface area contributed by atoms with E-state index in [-0.39, 0.29) is 0 Å². The van der Waals surface area contributed by atoms with Gasteiger partial charge in [-0.1, -0.05) is 28.1 Å². The number of nitriles is 1. The molecule has 3 aromatic rings. The fourth-order valence-corrected chi connectivity index (χ4v) is 3.18. The molecule has 0 saturated heterocycles. The Hall–Kier alpha value is -1.63. The zero-order valence-electron chi connectivity index (χ0n) is 9.35. The molecule has 86 valence electrons. The smallest absolute Gasteiger partial charge is 0.0991 e. The van der Waals surface area contributed by atoms with E-state index in [4.69, 9.17) is 5.26 Å². The van der Waals surface area contributed by atoms with Crippen molar-refractivity contribution in [2.24, 2.45) is 0 Å². The third kappa shape index (κ3) is 2.05. The summed E-state index contributed by atoms with van der Waals surface area (Å²) in [5.74, 6) is 0. The highest BCUT2D eigenvalue weighted by atomic mass is 79.9. The molecule has 0 aliphatic rings. The minimum atomic E-state index is 0.711. The van der Waals surface area contributed by atoms with Gasteiger partial charge in [-0.25, -0.2) is 0 Å². The van der Waals surface area contributed by atoms with Gasteiger partial charge in [0.2, 0.25) is 0 Å². The van der Waals surface area contributed by atoms with Crippen molar-refractivity contribution in [3.8, 4) is 16.5 Å². The topological polar surface area (TPSA) is 23.8 Å². The standard InChI is InChI=1S/C15H8BrNS/c16-13-4-2-11(3-5-13)15-8-12-7-10(9-17)1-6-14(12)18-15/h1-8H. The number of halogens is 1. The summed E-state index contributed by atoms with van der Waals surface area (Å²) >= 11 is 5.19. The van der Waals surface area contributed by atoms with E-state index in [1.54, 1.807) is 11.3 Å². The molecule has 0 unspecified atom stereocenters. The SMILES string of the molecule is N#Cc1ccc2sc(-c3ccc(Br)cc3)cc2c1. The summed E-state index contributed by atoms with van der Waals surface area (Å²) in [4.78, 5) is 1.23. The molecule has 0 fully saturated rings. The molecule has 1 aromatic heterocycles. The van der Waals surface area contributed by atoms with Crippen molar-refractivity contribution in [2.45, 2.75) is 0 Å². The largest absolute Gasteiger partial charge is 0.192 e. The van der Waals surface area contributed by atoms with Crippen LogP contribution in [0, 0.1) is 11.3 Å². The van der Waals surface area contributed by atoms with Crippen molar-refractivity contribution < 1.29 is 0 Å². The molecule has 0 spiro atoms. The van der Waals surface area contributed by atoms with E-state index in [0.717, 1.165) is 9.86 Å². The lowest BCUT2D eigenvalue weighted by Crippen LogP contribution is -1.71. The van der Waals surface area contributed by atoms with E-state index < -0.39 is 0 Å². The first-order chi connectivity index (χ1) is 8.76. The number of nitrogens with zero attached hydrogens (tertiary/aromatic N) is 1. The number of fused-ring (bicyclic) bond motifs is 1. The molecular formula is C15H8BrNS. The van der Waals surface area contributed by atoms with Crippen molar-refractivity contribution in [2.75, 3.05) is 0 Å². The van der Waals surface area contributed by atoms with Gasteiger partial charge in [0.15, 0.2) is 0 Å². The second kappa shape index (κ2) is 4.56. The Morgan fingerprint density at radius 1 is 1.00 bits per heavy atom. The average molecular weight is 314 g/mol. The maximum Gasteiger partial charge on any atom is 0.0991 e. The number of hydrogen-bond acceptors (Lipinski definition) is 2. The van der Waals surface area contributed by atoms with Crippen molar-refractivity contribution in [3.63, 3.8) is 0 Å². The van der Waals surface area contributed by atoms with Crippen LogP contribution in [-0.2, 0) is 0 Å². The Morgan fingerprint density at radius 2 is 1.78 bits per heavy atom. The molecule has 0 radical (unpaired) electrons. The van der Waals surface area contributed by atoms with Gasteiger partial charge in [-0.3, -0.25) is 0 Å². The molecule has 1 nitrogen and oxygen atoms in total. The summed E-state index contributed by atoms with van der Waals surface area (Å²) in [6, 6.07) is 18.4. The molecular weight excluding hydrogens is 306 g/mol. The summed E-state index contributed by atoms with van der Waals surface area (Å²) in [7, 11) is 0. The molecule has 0 amide bonds. The lowest BCUT2D eigenvalue weighted by molar-refractivity contribution is 1.50. The van der Waals surface area contributed by atoms with Gasteiger partial charge in [0.1, 0.15) is 0 Å². The molecule has 0 aliphatic heterocycles. The molecule has 18 heavy (non-hydrogen) atoms. The molecule has 0 bridgehead atoms. The van der Waals surface area contributed by atoms with Gasteiger partial charge in [0.05, 0.1) is 11.6 Å². The van der Waals surface area contributed by atoms with E-state index in [1.807, 2.05) is 30.3 Å². The minimum absolute atomic E-state index is 0.711. The Balaban J connectivity index is 2.13. The molecule has 0 saturated carbocycles. The maximum atomic E-state index is 8.90. The normalized spacial score (nSPS) is 10.4. The van der Waals surface area contributed by atoms with Crippen LogP contribution >= 0.6 is 27.3 Å². The van der Waals surface area contributed by atoms with Gasteiger partial charge < -0.3 is 0 Å². The Kier molecular flexibility index (Phi) is 2.91. The van der Waals surface area contributed by atoms with Gasteiger partial charge in [-0.15, -0.1) is 11.3 Å². The predicted molar refractivity (Wildman–Crippen MR) is 79.7 cm³/mol. The zero-order chi connectivity index (χ0) is 12.5. The van der Waals surface area contributed by atoms with Gasteiger partial charge >= 0.3 is 0 Å². The van der Waals surface area contributed by atoms with E-state index in [0.29, 0.717) is 5.56 Å². The fourth-order valence-electron chi connectivity index (χ4n) is 1.87. The molecule has 2 aromatic carbocycles. The Morgan fingerprint density at radius 3 is 2.50 bits per heavy atom. The lowest BCUT2D eigenvalue weighted by Gasteiger charge is -1.96. The van der Waals surface area contributed by atoms with Gasteiger partial charge in [0.25, 0.3) is 0 Å². The van der Waals surface area contributed by atoms with Crippen LogP contribution in [0.25, 0.3) is 20.5 Å². The van der Waals surface area contributed by atoms with Gasteiger partial charge in [-0.05, 0) is 47.3 Å². The van der Waals surface area contributed by atoms with Crippen molar-refractivity contribution in [3.05, 3.63) is 58.6 Å². The summed E-state index contributed by atoms with van der Waals surface area (Å²) in [6.07, 6.45) is 0. The molecule has 0 N–H and O–H groups in total. The van der Waals surface area contributed by atoms with Crippen LogP contribution in [0.2, 0.25) is 0 Å². The van der Waals surface area contributed by atoms with E-state index in [9.17, 15) is 0 Å². The van der Waals surface area contributed by atoms with Crippen molar-refractivity contribution in [1.82, 2.24) is 0 Å². The number of benzene rings is 2. The highest BCUT2D eigenvalue weighted by Gasteiger charge is 2.05. The molecule has 3 heteroatoms. The second-order valence-electron chi connectivity index (χ2n) is 3.98. The fraction of sp³-hybridized carbons (Fsp3) is 0. The van der Waals surface area contributed by atoms with Gasteiger partial charge in [-0.2, -0.15) is 5.26 Å². The summed E-state index contributed by atoms with van der Waals surface area (Å²) in [5.41, 5.74) is 1.92. The highest BCUT2D eigenvalue weighted by Crippen LogP contribution is 2.34. The van der Waals surface area contributed by atoms with E-state index >= 15 is 0 Å². The molecule has 1 heterocycles. The zero-order valence-corrected chi connectivity index (χ0v) is 11.8. The van der Waals surface area contributed by atoms with Gasteiger partial charge in [0, 0.05) is 14.0 Å². The molecule has 3 rings (SSSR count). The summed E-state index contributed by atoms with van der Waals surface area (Å²) in [6.45, 7) is 0. The van der Waals surface area contributed by atoms with E-state index in [1.165, 1.54) is 15.1 Å². The van der Waals surface area contributed by atoms with Crippen LogP contribution in [0.3, 0.4) is 0 Å². The van der Waals surface area contributed by atoms with Crippen LogP contribution in [0.1, 0.15) is 5.56 Å². The van der Waals surface area contributed by atoms with E-state index in [2.05, 4.69) is 40.2 Å². The molecule has 0 atom stereocenters. The summed E-state index contributed by atoms with van der Waals surface area (Å²) in [5, 5.41) is 10.0. The highest BCUT2D eigenvalue weighted by molar-refractivity contribution is 9.10. The average Bonchev–Trinajstić information content (AvgIpc) is 2.82. The third-order valence-corrected chi connectivity index (χ3v) is 4.47. The van der Waals surface area contributed by atoms with Crippen LogP contribution in [-0.4, -0.2) is 0 Å². The van der Waals surface area contributed by atoms with Crippen LogP contribution < -0.4 is 0 Å². The van der Waals surface area contributed by atoms with Crippen LogP contribution in [0.15, 0.2) is 53.0 Å². The van der Waals surface area contributed by atoms with Crippen LogP contribution in [0.4, 0.5) is 0 Å². The predicted octanol–water partition coefficient (Wildman–Crippen LogP) is 5.20. The maximum absolute atomic E-state index is 8.90. The number of hydrogen-bond donors (Lipinski definition) is 0. The first-order valence-electron chi connectivity index (χ1n) is 5.46. The number of rotatable bonds is 1. The first-order valence-corrected chi connectivity index (χ1v) is 7.07. The minimum Gasteiger partial charge on any atom is -0.192 e. The van der Waals surface area contributed by atoms with Crippen LogP contribution in [0.5, 0.6) is 0 Å². The lowest BCUT2D eigenvalue weighted by atomic mass is 10.1. The monoisotopic (exact) mass is 313 g/mol. The summed E-state index contributed by atoms with van der Waals surface area (Å²) < 4.78 is 2.30. The van der Waals surface area contributed by atoms with Crippen molar-refractivity contribution >= 4 is 37.4 Å². The Labute approximate surface area is 117 Å². The van der Waals surface area contributed by atoms with Crippen molar-refractivity contribution in [1.29, 1.82) is 5.26 Å². The second-order valence-corrected chi connectivity index (χ2v) is 5.98. The third-order valence-electron chi connectivity index (χ3n) is 2.77. The number of thiophene rings is 1. The first kappa shape index (κ1) is 11.5. The Bertz CT molecular complexity index is 750. The quantitative estimate of drug-likeness (QED) is 0.605.